The Hall–Kier alpha value is -3.67. The summed E-state index contributed by atoms with van der Waals surface area (Å²) in [6, 6.07) is 18.0. The van der Waals surface area contributed by atoms with Crippen LogP contribution in [0.1, 0.15) is 47.4 Å². The van der Waals surface area contributed by atoms with Gasteiger partial charge in [0.05, 0.1) is 0 Å². The van der Waals surface area contributed by atoms with Crippen LogP contribution in [0.25, 0.3) is 0 Å². The number of unbranched alkanes of at least 4 members (excludes halogenated alkanes) is 1. The molecule has 2 aromatic carbocycles. The Morgan fingerprint density at radius 1 is 0.839 bits per heavy atom. The molecule has 0 atom stereocenters. The molecule has 0 unspecified atom stereocenters. The van der Waals surface area contributed by atoms with E-state index in [4.69, 9.17) is 0 Å². The molecule has 0 saturated heterocycles. The SMILES string of the molecule is CCCCN(CC)c1ccc(C(=O)Nc2cccc(NC(=O)c3ccncc3)c2)cc1. The van der Waals surface area contributed by atoms with Crippen LogP contribution < -0.4 is 15.5 Å². The molecule has 0 saturated carbocycles. The summed E-state index contributed by atoms with van der Waals surface area (Å²) in [4.78, 5) is 31.2. The largest absolute Gasteiger partial charge is 0.372 e. The van der Waals surface area contributed by atoms with E-state index in [1.807, 2.05) is 24.3 Å². The summed E-state index contributed by atoms with van der Waals surface area (Å²) in [6.07, 6.45) is 5.43. The summed E-state index contributed by atoms with van der Waals surface area (Å²) in [5, 5.41) is 5.73. The fourth-order valence-electron chi connectivity index (χ4n) is 3.23. The third kappa shape index (κ3) is 6.15. The number of carbonyl (C=O) groups is 2. The minimum Gasteiger partial charge on any atom is -0.372 e. The minimum absolute atomic E-state index is 0.194. The number of pyridine rings is 1. The normalized spacial score (nSPS) is 10.4. The highest BCUT2D eigenvalue weighted by atomic mass is 16.2. The Balaban J connectivity index is 1.64. The Labute approximate surface area is 183 Å². The van der Waals surface area contributed by atoms with E-state index in [1.165, 1.54) is 0 Å². The zero-order valence-corrected chi connectivity index (χ0v) is 18.0. The third-order valence-corrected chi connectivity index (χ3v) is 4.98. The summed E-state index contributed by atoms with van der Waals surface area (Å²) in [7, 11) is 0. The molecule has 2 amide bonds. The van der Waals surface area contributed by atoms with E-state index in [0.717, 1.165) is 31.6 Å². The molecule has 160 valence electrons. The summed E-state index contributed by atoms with van der Waals surface area (Å²) in [6.45, 7) is 6.26. The predicted molar refractivity (Wildman–Crippen MR) is 126 cm³/mol. The molecule has 0 fully saturated rings. The molecule has 2 N–H and O–H groups in total. The molecule has 0 radical (unpaired) electrons. The molecule has 6 nitrogen and oxygen atoms in total. The number of benzene rings is 2. The number of hydrogen-bond acceptors (Lipinski definition) is 4. The zero-order valence-electron chi connectivity index (χ0n) is 18.0. The lowest BCUT2D eigenvalue weighted by atomic mass is 10.1. The number of anilines is 3. The van der Waals surface area contributed by atoms with E-state index in [9.17, 15) is 9.59 Å². The smallest absolute Gasteiger partial charge is 0.255 e. The van der Waals surface area contributed by atoms with Crippen LogP contribution in [0.15, 0.2) is 73.1 Å². The van der Waals surface area contributed by atoms with Crippen molar-refractivity contribution in [2.45, 2.75) is 26.7 Å². The fraction of sp³-hybridized carbons (Fsp3) is 0.240. The average Bonchev–Trinajstić information content (AvgIpc) is 2.81. The topological polar surface area (TPSA) is 74.3 Å². The Bertz CT molecular complexity index is 1000. The van der Waals surface area contributed by atoms with Crippen molar-refractivity contribution in [2.24, 2.45) is 0 Å². The molecule has 0 bridgehead atoms. The molecule has 3 rings (SSSR count). The number of rotatable bonds is 9. The van der Waals surface area contributed by atoms with Crippen LogP contribution in [-0.4, -0.2) is 29.9 Å². The summed E-state index contributed by atoms with van der Waals surface area (Å²) in [5.74, 6) is -0.425. The van der Waals surface area contributed by atoms with Crippen molar-refractivity contribution in [1.82, 2.24) is 4.98 Å². The quantitative estimate of drug-likeness (QED) is 0.502. The van der Waals surface area contributed by atoms with Crippen molar-refractivity contribution in [1.29, 1.82) is 0 Å². The van der Waals surface area contributed by atoms with Crippen LogP contribution in [0.2, 0.25) is 0 Å². The standard InChI is InChI=1S/C25H28N4O2/c1-3-5-17-29(4-2)23-11-9-19(10-12-23)24(30)27-21-7-6-8-22(18-21)28-25(31)20-13-15-26-16-14-20/h6-16,18H,3-5,17H2,1-2H3,(H,27,30)(H,28,31). The molecule has 31 heavy (non-hydrogen) atoms. The molecule has 3 aromatic rings. The van der Waals surface area contributed by atoms with E-state index in [1.54, 1.807) is 48.8 Å². The van der Waals surface area contributed by atoms with Crippen molar-refractivity contribution in [3.63, 3.8) is 0 Å². The van der Waals surface area contributed by atoms with Gasteiger partial charge in [-0.15, -0.1) is 0 Å². The number of nitrogens with one attached hydrogen (secondary N) is 2. The van der Waals surface area contributed by atoms with Crippen LogP contribution in [0.4, 0.5) is 17.1 Å². The maximum absolute atomic E-state index is 12.7. The van der Waals surface area contributed by atoms with Crippen LogP contribution in [-0.2, 0) is 0 Å². The minimum atomic E-state index is -0.231. The maximum atomic E-state index is 12.7. The Morgan fingerprint density at radius 2 is 1.42 bits per heavy atom. The Kier molecular flexibility index (Phi) is 7.76. The molecule has 0 aliphatic rings. The van der Waals surface area contributed by atoms with Gasteiger partial charge in [-0.05, 0) is 67.9 Å². The molecular formula is C25H28N4O2. The van der Waals surface area contributed by atoms with Crippen LogP contribution in [0.5, 0.6) is 0 Å². The highest BCUT2D eigenvalue weighted by Crippen LogP contribution is 2.19. The molecule has 1 heterocycles. The second kappa shape index (κ2) is 10.9. The van der Waals surface area contributed by atoms with E-state index < -0.39 is 0 Å². The lowest BCUT2D eigenvalue weighted by Crippen LogP contribution is -2.23. The lowest BCUT2D eigenvalue weighted by molar-refractivity contribution is 0.101. The molecule has 6 heteroatoms. The molecule has 0 aliphatic heterocycles. The van der Waals surface area contributed by atoms with Gasteiger partial charge in [-0.25, -0.2) is 0 Å². The highest BCUT2D eigenvalue weighted by molar-refractivity contribution is 6.06. The maximum Gasteiger partial charge on any atom is 0.255 e. The molecule has 0 spiro atoms. The number of aromatic nitrogens is 1. The monoisotopic (exact) mass is 416 g/mol. The first-order valence-corrected chi connectivity index (χ1v) is 10.6. The zero-order chi connectivity index (χ0) is 22.1. The van der Waals surface area contributed by atoms with Gasteiger partial charge >= 0.3 is 0 Å². The van der Waals surface area contributed by atoms with Gasteiger partial charge in [0.1, 0.15) is 0 Å². The van der Waals surface area contributed by atoms with Crippen LogP contribution in [0.3, 0.4) is 0 Å². The van der Waals surface area contributed by atoms with Gasteiger partial charge in [0.2, 0.25) is 0 Å². The first-order chi connectivity index (χ1) is 15.1. The van der Waals surface area contributed by atoms with E-state index in [2.05, 4.69) is 34.4 Å². The average molecular weight is 417 g/mol. The number of amides is 2. The molecule has 1 aromatic heterocycles. The first-order valence-electron chi connectivity index (χ1n) is 10.6. The third-order valence-electron chi connectivity index (χ3n) is 4.98. The summed E-state index contributed by atoms with van der Waals surface area (Å²) >= 11 is 0. The second-order valence-corrected chi connectivity index (χ2v) is 7.21. The lowest BCUT2D eigenvalue weighted by Gasteiger charge is -2.23. The van der Waals surface area contributed by atoms with Gasteiger partial charge in [-0.3, -0.25) is 14.6 Å². The van der Waals surface area contributed by atoms with Crippen molar-refractivity contribution in [3.8, 4) is 0 Å². The van der Waals surface area contributed by atoms with Crippen molar-refractivity contribution >= 4 is 28.9 Å². The molecular weight excluding hydrogens is 388 g/mol. The first kappa shape index (κ1) is 22.0. The van der Waals surface area contributed by atoms with Crippen molar-refractivity contribution in [2.75, 3.05) is 28.6 Å². The van der Waals surface area contributed by atoms with Crippen molar-refractivity contribution in [3.05, 3.63) is 84.2 Å². The summed E-state index contributed by atoms with van der Waals surface area (Å²) < 4.78 is 0. The van der Waals surface area contributed by atoms with Crippen molar-refractivity contribution < 1.29 is 9.59 Å². The summed E-state index contributed by atoms with van der Waals surface area (Å²) in [5.41, 5.74) is 3.43. The molecule has 0 aliphatic carbocycles. The second-order valence-electron chi connectivity index (χ2n) is 7.21. The van der Waals surface area contributed by atoms with Gasteiger partial charge in [0.15, 0.2) is 0 Å². The highest BCUT2D eigenvalue weighted by Gasteiger charge is 2.10. The van der Waals surface area contributed by atoms with Gasteiger partial charge in [0.25, 0.3) is 11.8 Å². The number of hydrogen-bond donors (Lipinski definition) is 2. The van der Waals surface area contributed by atoms with Gasteiger partial charge in [-0.1, -0.05) is 19.4 Å². The van der Waals surface area contributed by atoms with Gasteiger partial charge in [0, 0.05) is 53.7 Å². The number of carbonyl (C=O) groups excluding carboxylic acids is 2. The Morgan fingerprint density at radius 3 is 1.97 bits per heavy atom. The van der Waals surface area contributed by atoms with Gasteiger partial charge < -0.3 is 15.5 Å². The van der Waals surface area contributed by atoms with E-state index in [-0.39, 0.29) is 11.8 Å². The number of nitrogens with zero attached hydrogens (tertiary/aromatic N) is 2. The van der Waals surface area contributed by atoms with Gasteiger partial charge in [-0.2, -0.15) is 0 Å². The van der Waals surface area contributed by atoms with Crippen LogP contribution in [0, 0.1) is 0 Å². The fourth-order valence-corrected chi connectivity index (χ4v) is 3.23. The van der Waals surface area contributed by atoms with E-state index >= 15 is 0 Å². The van der Waals surface area contributed by atoms with E-state index in [0.29, 0.717) is 22.5 Å². The predicted octanol–water partition coefficient (Wildman–Crippen LogP) is 5.21. The van der Waals surface area contributed by atoms with Crippen LogP contribution >= 0.6 is 0 Å².